The minimum atomic E-state index is 0.693. The summed E-state index contributed by atoms with van der Waals surface area (Å²) in [6.07, 6.45) is 8.27. The van der Waals surface area contributed by atoms with Gasteiger partial charge < -0.3 is 15.2 Å². The fraction of sp³-hybridized carbons (Fsp3) is 0.308. The molecule has 2 aliphatic rings. The maximum Gasteiger partial charge on any atom is 0.0634 e. The number of hydrogen-bond donors (Lipinski definition) is 2. The van der Waals surface area contributed by atoms with Gasteiger partial charge in [-0.25, -0.2) is 0 Å². The first-order chi connectivity index (χ1) is 15.3. The summed E-state index contributed by atoms with van der Waals surface area (Å²) in [7, 11) is 0. The summed E-state index contributed by atoms with van der Waals surface area (Å²) in [5, 5.41) is 4.39. The van der Waals surface area contributed by atoms with Crippen LogP contribution in [0.25, 0.3) is 5.70 Å². The molecular weight excluding hydrogens is 404 g/mol. The van der Waals surface area contributed by atoms with Crippen molar-refractivity contribution in [2.24, 2.45) is 0 Å². The molecule has 0 atom stereocenters. The summed E-state index contributed by atoms with van der Waals surface area (Å²) in [6, 6.07) is 19.2. The lowest BCUT2D eigenvalue weighted by Crippen LogP contribution is -2.29. The Hall–Kier alpha value is -2.69. The summed E-state index contributed by atoms with van der Waals surface area (Å²) in [5.41, 5.74) is 7.26. The highest BCUT2D eigenvalue weighted by Gasteiger charge is 2.20. The molecule has 3 heterocycles. The number of anilines is 1. The van der Waals surface area contributed by atoms with Crippen molar-refractivity contribution >= 4 is 23.0 Å². The third kappa shape index (κ3) is 4.65. The van der Waals surface area contributed by atoms with E-state index in [1.54, 1.807) is 0 Å². The van der Waals surface area contributed by atoms with Gasteiger partial charge in [0.1, 0.15) is 0 Å². The molecule has 1 aromatic heterocycles. The average Bonchev–Trinajstić information content (AvgIpc) is 3.28. The van der Waals surface area contributed by atoms with Gasteiger partial charge in [0.2, 0.25) is 0 Å². The van der Waals surface area contributed by atoms with Gasteiger partial charge in [-0.2, -0.15) is 0 Å². The predicted molar refractivity (Wildman–Crippen MR) is 129 cm³/mol. The summed E-state index contributed by atoms with van der Waals surface area (Å²) < 4.78 is 0. The molecule has 0 unspecified atom stereocenters. The summed E-state index contributed by atoms with van der Waals surface area (Å²) in [5.74, 6) is 0. The smallest absolute Gasteiger partial charge is 0.0634 e. The minimum absolute atomic E-state index is 0.693. The van der Waals surface area contributed by atoms with Gasteiger partial charge >= 0.3 is 0 Å². The first kappa shape index (κ1) is 20.2. The Morgan fingerprint density at radius 1 is 0.935 bits per heavy atom. The van der Waals surface area contributed by atoms with Crippen LogP contribution in [0.4, 0.5) is 5.69 Å². The van der Waals surface area contributed by atoms with Crippen LogP contribution in [0.1, 0.15) is 41.6 Å². The van der Waals surface area contributed by atoms with Gasteiger partial charge in [-0.05, 0) is 61.3 Å². The number of H-pyrrole nitrogens is 1. The first-order valence-corrected chi connectivity index (χ1v) is 11.6. The second-order valence-corrected chi connectivity index (χ2v) is 8.90. The van der Waals surface area contributed by atoms with Crippen molar-refractivity contribution in [3.8, 4) is 0 Å². The van der Waals surface area contributed by atoms with E-state index >= 15 is 0 Å². The Morgan fingerprint density at radius 2 is 1.74 bits per heavy atom. The van der Waals surface area contributed by atoms with E-state index in [9.17, 15) is 0 Å². The summed E-state index contributed by atoms with van der Waals surface area (Å²) in [4.78, 5) is 8.28. The Labute approximate surface area is 189 Å². The van der Waals surface area contributed by atoms with Crippen molar-refractivity contribution in [3.05, 3.63) is 94.4 Å². The number of aromatic amines is 1. The van der Waals surface area contributed by atoms with Crippen LogP contribution in [0, 0.1) is 0 Å². The predicted octanol–water partition coefficient (Wildman–Crippen LogP) is 5.76. The van der Waals surface area contributed by atoms with Crippen LogP contribution in [0.5, 0.6) is 0 Å². The zero-order valence-electron chi connectivity index (χ0n) is 17.8. The van der Waals surface area contributed by atoms with Crippen molar-refractivity contribution in [1.82, 2.24) is 15.2 Å². The number of aromatic nitrogens is 1. The molecular formula is C26H29ClN4. The van der Waals surface area contributed by atoms with Crippen LogP contribution in [0.3, 0.4) is 0 Å². The van der Waals surface area contributed by atoms with Crippen molar-refractivity contribution in [2.45, 2.75) is 38.9 Å². The van der Waals surface area contributed by atoms with E-state index < -0.39 is 0 Å². The fourth-order valence-electron chi connectivity index (χ4n) is 4.54. The van der Waals surface area contributed by atoms with Crippen molar-refractivity contribution in [2.75, 3.05) is 18.0 Å². The van der Waals surface area contributed by atoms with E-state index in [0.29, 0.717) is 6.54 Å². The molecule has 2 aromatic carbocycles. The van der Waals surface area contributed by atoms with Crippen LogP contribution in [-0.2, 0) is 19.6 Å². The Morgan fingerprint density at radius 3 is 2.55 bits per heavy atom. The summed E-state index contributed by atoms with van der Waals surface area (Å²) >= 11 is 6.35. The lowest BCUT2D eigenvalue weighted by Gasteiger charge is -2.29. The molecule has 31 heavy (non-hydrogen) atoms. The van der Waals surface area contributed by atoms with Gasteiger partial charge in [0, 0.05) is 47.5 Å². The molecule has 2 aliphatic heterocycles. The third-order valence-corrected chi connectivity index (χ3v) is 6.65. The van der Waals surface area contributed by atoms with Crippen molar-refractivity contribution in [3.63, 3.8) is 0 Å². The van der Waals surface area contributed by atoms with E-state index in [2.05, 4.69) is 62.7 Å². The van der Waals surface area contributed by atoms with Crippen LogP contribution in [0.2, 0.25) is 5.02 Å². The molecule has 3 aromatic rings. The Balaban J connectivity index is 1.31. The molecule has 1 saturated heterocycles. The number of fused-ring (bicyclic) bond motifs is 1. The number of hydrogen-bond acceptors (Lipinski definition) is 3. The zero-order valence-corrected chi connectivity index (χ0v) is 18.5. The van der Waals surface area contributed by atoms with Crippen LogP contribution < -0.4 is 10.2 Å². The number of benzene rings is 2. The number of rotatable bonds is 6. The normalized spacial score (nSPS) is 16.7. The highest BCUT2D eigenvalue weighted by Crippen LogP contribution is 2.29. The summed E-state index contributed by atoms with van der Waals surface area (Å²) in [6.45, 7) is 5.05. The maximum atomic E-state index is 6.35. The van der Waals surface area contributed by atoms with E-state index in [1.807, 2.05) is 24.4 Å². The van der Waals surface area contributed by atoms with Gasteiger partial charge in [0.25, 0.3) is 0 Å². The lowest BCUT2D eigenvalue weighted by molar-refractivity contribution is 0.221. The highest BCUT2D eigenvalue weighted by atomic mass is 35.5. The molecule has 0 spiro atoms. The molecule has 0 saturated carbocycles. The monoisotopic (exact) mass is 432 g/mol. The van der Waals surface area contributed by atoms with Crippen LogP contribution in [0.15, 0.2) is 67.0 Å². The fourth-order valence-corrected chi connectivity index (χ4v) is 4.74. The molecule has 4 nitrogen and oxygen atoms in total. The number of likely N-dealkylation sites (tertiary alicyclic amines) is 1. The minimum Gasteiger partial charge on any atom is -0.379 e. The molecule has 2 N–H and O–H groups in total. The SMILES string of the molecule is Clc1ccccc1CNC1=CN(c2ccc(CN3CCCCC3)cc2)Cc2[nH]ccc21. The third-order valence-electron chi connectivity index (χ3n) is 6.29. The quantitative estimate of drug-likeness (QED) is 0.519. The van der Waals surface area contributed by atoms with Crippen molar-refractivity contribution < 1.29 is 0 Å². The van der Waals surface area contributed by atoms with E-state index in [0.717, 1.165) is 29.4 Å². The van der Waals surface area contributed by atoms with Crippen LogP contribution in [-0.4, -0.2) is 23.0 Å². The number of halogens is 1. The topological polar surface area (TPSA) is 34.3 Å². The highest BCUT2D eigenvalue weighted by molar-refractivity contribution is 6.31. The molecule has 5 rings (SSSR count). The Bertz CT molecular complexity index is 1050. The second kappa shape index (κ2) is 9.21. The van der Waals surface area contributed by atoms with E-state index in [1.165, 1.54) is 54.9 Å². The maximum absolute atomic E-state index is 6.35. The van der Waals surface area contributed by atoms with Gasteiger partial charge in [0.15, 0.2) is 0 Å². The van der Waals surface area contributed by atoms with Gasteiger partial charge in [-0.1, -0.05) is 48.4 Å². The molecule has 0 aliphatic carbocycles. The largest absolute Gasteiger partial charge is 0.379 e. The standard InChI is InChI=1S/C26H29ClN4/c27-24-7-3-2-6-21(24)16-29-26-19-31(18-25-23(26)12-13-28-25)22-10-8-20(9-11-22)17-30-14-4-1-5-15-30/h2-3,6-13,19,28-29H,1,4-5,14-18H2. The van der Waals surface area contributed by atoms with Gasteiger partial charge in [-0.3, -0.25) is 4.90 Å². The van der Waals surface area contributed by atoms with Crippen LogP contribution >= 0.6 is 11.6 Å². The van der Waals surface area contributed by atoms with Gasteiger partial charge in [0.05, 0.1) is 12.2 Å². The number of nitrogens with one attached hydrogen (secondary N) is 2. The molecule has 0 radical (unpaired) electrons. The number of piperidine rings is 1. The second-order valence-electron chi connectivity index (χ2n) is 8.49. The average molecular weight is 433 g/mol. The molecule has 0 bridgehead atoms. The van der Waals surface area contributed by atoms with E-state index in [4.69, 9.17) is 11.6 Å². The lowest BCUT2D eigenvalue weighted by atomic mass is 10.1. The van der Waals surface area contributed by atoms with Gasteiger partial charge in [-0.15, -0.1) is 0 Å². The molecule has 1 fully saturated rings. The molecule has 5 heteroatoms. The number of nitrogens with zero attached hydrogens (tertiary/aromatic N) is 2. The molecule has 160 valence electrons. The van der Waals surface area contributed by atoms with Crippen molar-refractivity contribution in [1.29, 1.82) is 0 Å². The zero-order chi connectivity index (χ0) is 21.0. The first-order valence-electron chi connectivity index (χ1n) is 11.2. The van der Waals surface area contributed by atoms with E-state index in [-0.39, 0.29) is 0 Å². The Kier molecular flexibility index (Phi) is 6.01. The molecule has 0 amide bonds.